The standard InChI is InChI=1S/C16H9ClN2O6S2/c17-8-1-3-10(11(5-8)19(23)24)12-4-2-9(25-12)6-13-15(22)18(7-14(20)21)16(26)27-13/h1-6H,7H2,(H,20,21)/b13-6-. The Hall–Kier alpha value is -2.69. The topological polar surface area (TPSA) is 114 Å². The summed E-state index contributed by atoms with van der Waals surface area (Å²) in [6, 6.07) is 7.26. The Kier molecular flexibility index (Phi) is 5.31. The van der Waals surface area contributed by atoms with E-state index in [2.05, 4.69) is 0 Å². The molecular weight excluding hydrogens is 416 g/mol. The second kappa shape index (κ2) is 7.51. The molecule has 1 aliphatic rings. The van der Waals surface area contributed by atoms with Crippen LogP contribution in [0.15, 0.2) is 39.7 Å². The van der Waals surface area contributed by atoms with Crippen LogP contribution in [-0.4, -0.2) is 37.7 Å². The number of carboxylic acid groups (broad SMARTS) is 1. The number of hydrogen-bond acceptors (Lipinski definition) is 7. The Morgan fingerprint density at radius 3 is 2.81 bits per heavy atom. The molecule has 1 aliphatic heterocycles. The van der Waals surface area contributed by atoms with E-state index in [1.807, 2.05) is 0 Å². The van der Waals surface area contributed by atoms with Gasteiger partial charge in [0.2, 0.25) is 0 Å². The van der Waals surface area contributed by atoms with E-state index in [0.29, 0.717) is 0 Å². The number of thiocarbonyl (C=S) groups is 1. The Morgan fingerprint density at radius 2 is 2.15 bits per heavy atom. The quantitative estimate of drug-likeness (QED) is 0.333. The number of benzene rings is 1. The Labute approximate surface area is 166 Å². The maximum atomic E-state index is 12.3. The summed E-state index contributed by atoms with van der Waals surface area (Å²) in [7, 11) is 0. The number of furan rings is 1. The van der Waals surface area contributed by atoms with Crippen LogP contribution in [-0.2, 0) is 9.59 Å². The first-order valence-corrected chi connectivity index (χ1v) is 8.88. The van der Waals surface area contributed by atoms with E-state index in [1.54, 1.807) is 0 Å². The van der Waals surface area contributed by atoms with Crippen LogP contribution in [0.3, 0.4) is 0 Å². The molecule has 1 fully saturated rings. The predicted octanol–water partition coefficient (Wildman–Crippen LogP) is 3.79. The number of aliphatic carboxylic acids is 1. The third kappa shape index (κ3) is 4.02. The van der Waals surface area contributed by atoms with Gasteiger partial charge in [-0.05, 0) is 24.3 Å². The largest absolute Gasteiger partial charge is 0.480 e. The van der Waals surface area contributed by atoms with E-state index in [4.69, 9.17) is 33.3 Å². The van der Waals surface area contributed by atoms with Gasteiger partial charge in [-0.3, -0.25) is 24.6 Å². The summed E-state index contributed by atoms with van der Waals surface area (Å²) in [4.78, 5) is 34.9. The van der Waals surface area contributed by atoms with Gasteiger partial charge >= 0.3 is 5.97 Å². The van der Waals surface area contributed by atoms with Crippen molar-refractivity contribution in [2.24, 2.45) is 0 Å². The first-order chi connectivity index (χ1) is 12.8. The van der Waals surface area contributed by atoms with E-state index < -0.39 is 23.3 Å². The molecule has 1 aromatic heterocycles. The molecule has 27 heavy (non-hydrogen) atoms. The zero-order valence-corrected chi connectivity index (χ0v) is 15.6. The van der Waals surface area contributed by atoms with Gasteiger partial charge in [-0.25, -0.2) is 0 Å². The molecule has 2 aromatic rings. The number of carbonyl (C=O) groups is 2. The average molecular weight is 425 g/mol. The first kappa shape index (κ1) is 19.1. The molecular formula is C16H9ClN2O6S2. The van der Waals surface area contributed by atoms with Gasteiger partial charge in [0.05, 0.1) is 15.4 Å². The zero-order valence-electron chi connectivity index (χ0n) is 13.2. The first-order valence-electron chi connectivity index (χ1n) is 7.27. The molecule has 138 valence electrons. The summed E-state index contributed by atoms with van der Waals surface area (Å²) >= 11 is 11.8. The highest BCUT2D eigenvalue weighted by molar-refractivity contribution is 8.26. The molecule has 0 aliphatic carbocycles. The van der Waals surface area contributed by atoms with Gasteiger partial charge < -0.3 is 9.52 Å². The summed E-state index contributed by atoms with van der Waals surface area (Å²) < 4.78 is 5.73. The van der Waals surface area contributed by atoms with Crippen molar-refractivity contribution >= 4 is 63.5 Å². The second-order valence-corrected chi connectivity index (χ2v) is 7.39. The lowest BCUT2D eigenvalue weighted by Gasteiger charge is -2.09. The normalized spacial score (nSPS) is 15.6. The highest BCUT2D eigenvalue weighted by Gasteiger charge is 2.33. The maximum absolute atomic E-state index is 12.3. The molecule has 0 saturated carbocycles. The van der Waals surface area contributed by atoms with Crippen LogP contribution in [0, 0.1) is 10.1 Å². The van der Waals surface area contributed by atoms with Gasteiger partial charge in [0.1, 0.15) is 22.4 Å². The minimum atomic E-state index is -1.18. The third-order valence-electron chi connectivity index (χ3n) is 3.49. The second-order valence-electron chi connectivity index (χ2n) is 5.28. The fraction of sp³-hybridized carbons (Fsp3) is 0.0625. The van der Waals surface area contributed by atoms with Crippen LogP contribution in [0.4, 0.5) is 5.69 Å². The number of thioether (sulfide) groups is 1. The van der Waals surface area contributed by atoms with Gasteiger partial charge in [0.25, 0.3) is 11.6 Å². The number of carboxylic acids is 1. The van der Waals surface area contributed by atoms with Crippen LogP contribution in [0.1, 0.15) is 5.76 Å². The lowest BCUT2D eigenvalue weighted by molar-refractivity contribution is -0.384. The monoisotopic (exact) mass is 424 g/mol. The minimum absolute atomic E-state index is 0.133. The molecule has 11 heteroatoms. The fourth-order valence-corrected chi connectivity index (χ4v) is 3.74. The molecule has 1 aromatic carbocycles. The summed E-state index contributed by atoms with van der Waals surface area (Å²) in [5.41, 5.74) is 0.0265. The van der Waals surface area contributed by atoms with Crippen molar-refractivity contribution < 1.29 is 24.0 Å². The van der Waals surface area contributed by atoms with E-state index in [9.17, 15) is 19.7 Å². The van der Waals surface area contributed by atoms with Crippen molar-refractivity contribution in [3.8, 4) is 11.3 Å². The Morgan fingerprint density at radius 1 is 1.41 bits per heavy atom. The number of amides is 1. The molecule has 0 spiro atoms. The van der Waals surface area contributed by atoms with Gasteiger partial charge in [-0.15, -0.1) is 0 Å². The van der Waals surface area contributed by atoms with Crippen molar-refractivity contribution in [2.75, 3.05) is 6.54 Å². The van der Waals surface area contributed by atoms with Crippen LogP contribution in [0.2, 0.25) is 5.02 Å². The van der Waals surface area contributed by atoms with Crippen molar-refractivity contribution in [3.05, 3.63) is 56.1 Å². The number of nitro groups is 1. The van der Waals surface area contributed by atoms with E-state index in [0.717, 1.165) is 16.7 Å². The van der Waals surface area contributed by atoms with Gasteiger partial charge in [0.15, 0.2) is 0 Å². The molecule has 2 heterocycles. The van der Waals surface area contributed by atoms with Crippen molar-refractivity contribution in [1.82, 2.24) is 4.90 Å². The molecule has 3 rings (SSSR count). The van der Waals surface area contributed by atoms with Crippen molar-refractivity contribution in [2.45, 2.75) is 0 Å². The number of nitro benzene ring substituents is 1. The van der Waals surface area contributed by atoms with Crippen LogP contribution in [0.25, 0.3) is 17.4 Å². The summed E-state index contributed by atoms with van der Waals surface area (Å²) in [5, 5.41) is 20.3. The minimum Gasteiger partial charge on any atom is -0.480 e. The Balaban J connectivity index is 1.91. The summed E-state index contributed by atoms with van der Waals surface area (Å²) in [6.45, 7) is -0.525. The van der Waals surface area contributed by atoms with E-state index in [-0.39, 0.29) is 37.0 Å². The van der Waals surface area contributed by atoms with Gasteiger partial charge in [-0.1, -0.05) is 35.6 Å². The summed E-state index contributed by atoms with van der Waals surface area (Å²) in [5.74, 6) is -1.22. The number of halogens is 1. The van der Waals surface area contributed by atoms with Crippen LogP contribution >= 0.6 is 35.6 Å². The molecule has 8 nitrogen and oxygen atoms in total. The lowest BCUT2D eigenvalue weighted by atomic mass is 10.1. The smallest absolute Gasteiger partial charge is 0.323 e. The fourth-order valence-electron chi connectivity index (χ4n) is 2.34. The van der Waals surface area contributed by atoms with Gasteiger partial charge in [-0.2, -0.15) is 0 Å². The summed E-state index contributed by atoms with van der Waals surface area (Å²) in [6.07, 6.45) is 1.41. The molecule has 1 saturated heterocycles. The van der Waals surface area contributed by atoms with E-state index >= 15 is 0 Å². The highest BCUT2D eigenvalue weighted by atomic mass is 35.5. The number of rotatable bonds is 5. The highest BCUT2D eigenvalue weighted by Crippen LogP contribution is 2.36. The Bertz CT molecular complexity index is 1020. The predicted molar refractivity (Wildman–Crippen MR) is 103 cm³/mol. The lowest BCUT2D eigenvalue weighted by Crippen LogP contribution is -2.33. The van der Waals surface area contributed by atoms with Crippen LogP contribution < -0.4 is 0 Å². The number of nitrogens with zero attached hydrogens (tertiary/aromatic N) is 2. The van der Waals surface area contributed by atoms with Gasteiger partial charge in [0, 0.05) is 17.2 Å². The van der Waals surface area contributed by atoms with Crippen molar-refractivity contribution in [1.29, 1.82) is 0 Å². The molecule has 0 unspecified atom stereocenters. The SMILES string of the molecule is O=C(O)CN1C(=O)/C(=C/c2ccc(-c3ccc(Cl)cc3[N+](=O)[O-])o2)SC1=S. The number of carbonyl (C=O) groups excluding carboxylic acids is 1. The molecule has 1 N–H and O–H groups in total. The molecule has 0 radical (unpaired) electrons. The third-order valence-corrected chi connectivity index (χ3v) is 5.10. The molecule has 0 atom stereocenters. The molecule has 0 bridgehead atoms. The maximum Gasteiger partial charge on any atom is 0.323 e. The van der Waals surface area contributed by atoms with E-state index in [1.165, 1.54) is 36.4 Å². The van der Waals surface area contributed by atoms with Crippen molar-refractivity contribution in [3.63, 3.8) is 0 Å². The van der Waals surface area contributed by atoms with Crippen LogP contribution in [0.5, 0.6) is 0 Å². The average Bonchev–Trinajstić information content (AvgIpc) is 3.15. The zero-order chi connectivity index (χ0) is 19.7. The number of hydrogen-bond donors (Lipinski definition) is 1. The molecule has 1 amide bonds.